The fraction of sp³-hybridized carbons (Fsp3) is 0.417. The van der Waals surface area contributed by atoms with E-state index in [9.17, 15) is 4.39 Å². The van der Waals surface area contributed by atoms with Gasteiger partial charge >= 0.3 is 0 Å². The molecule has 4 nitrogen and oxygen atoms in total. The first kappa shape index (κ1) is 14.7. The highest BCUT2D eigenvalue weighted by atomic mass is 35.5. The molecule has 0 aromatic heterocycles. The zero-order valence-electron chi connectivity index (χ0n) is 10.00. The quantitative estimate of drug-likeness (QED) is 0.235. The molecule has 1 aromatic carbocycles. The topological polar surface area (TPSA) is 70.6 Å². The van der Waals surface area contributed by atoms with Gasteiger partial charge < -0.3 is 16.3 Å². The number of oxime groups is 1. The Hall–Kier alpha value is -1.33. The van der Waals surface area contributed by atoms with Gasteiger partial charge in [-0.25, -0.2) is 4.39 Å². The first-order chi connectivity index (χ1) is 8.63. The van der Waals surface area contributed by atoms with Crippen LogP contribution >= 0.6 is 11.6 Å². The molecule has 6 heteroatoms. The Bertz CT molecular complexity index is 412. The summed E-state index contributed by atoms with van der Waals surface area (Å²) in [6, 6.07) is 4.67. The van der Waals surface area contributed by atoms with Crippen molar-refractivity contribution in [2.24, 2.45) is 10.9 Å². The molecule has 0 bridgehead atoms. The second-order valence-corrected chi connectivity index (χ2v) is 4.38. The van der Waals surface area contributed by atoms with E-state index in [0.717, 1.165) is 24.9 Å². The maximum absolute atomic E-state index is 12.9. The van der Waals surface area contributed by atoms with E-state index in [1.165, 1.54) is 6.07 Å². The highest BCUT2D eigenvalue weighted by Crippen LogP contribution is 2.15. The van der Waals surface area contributed by atoms with E-state index >= 15 is 0 Å². The summed E-state index contributed by atoms with van der Waals surface area (Å²) in [6.45, 7) is 1.46. The summed E-state index contributed by atoms with van der Waals surface area (Å²) in [6.07, 6.45) is 2.36. The molecule has 0 fully saturated rings. The van der Waals surface area contributed by atoms with Crippen molar-refractivity contribution in [3.63, 3.8) is 0 Å². The van der Waals surface area contributed by atoms with Gasteiger partial charge in [-0.3, -0.25) is 0 Å². The van der Waals surface area contributed by atoms with E-state index in [4.69, 9.17) is 22.5 Å². The lowest BCUT2D eigenvalue weighted by Crippen LogP contribution is -2.16. The predicted molar refractivity (Wildman–Crippen MR) is 70.4 cm³/mol. The zero-order chi connectivity index (χ0) is 13.4. The number of amidine groups is 1. The molecule has 0 heterocycles. The van der Waals surface area contributed by atoms with E-state index in [0.29, 0.717) is 13.0 Å². The largest absolute Gasteiger partial charge is 0.409 e. The summed E-state index contributed by atoms with van der Waals surface area (Å²) in [7, 11) is 0. The number of hydrogen-bond acceptors (Lipinski definition) is 3. The lowest BCUT2D eigenvalue weighted by atomic mass is 10.2. The molecule has 0 saturated heterocycles. The molecule has 0 aliphatic rings. The highest BCUT2D eigenvalue weighted by molar-refractivity contribution is 6.30. The van der Waals surface area contributed by atoms with E-state index in [1.807, 2.05) is 0 Å². The number of hydrogen-bond donors (Lipinski definition) is 3. The summed E-state index contributed by atoms with van der Waals surface area (Å²) in [5, 5.41) is 14.6. The van der Waals surface area contributed by atoms with Crippen LogP contribution < -0.4 is 11.1 Å². The van der Waals surface area contributed by atoms with Gasteiger partial charge in [0.05, 0.1) is 5.02 Å². The zero-order valence-corrected chi connectivity index (χ0v) is 10.8. The molecule has 0 amide bonds. The van der Waals surface area contributed by atoms with Crippen LogP contribution in [0.3, 0.4) is 0 Å². The van der Waals surface area contributed by atoms with Gasteiger partial charge in [0, 0.05) is 13.0 Å². The molecular formula is C12H17ClFN3O. The van der Waals surface area contributed by atoms with Gasteiger partial charge in [-0.15, -0.1) is 0 Å². The molecule has 1 rings (SSSR count). The monoisotopic (exact) mass is 273 g/mol. The van der Waals surface area contributed by atoms with E-state index in [2.05, 4.69) is 10.5 Å². The third-order valence-corrected chi connectivity index (χ3v) is 2.77. The van der Waals surface area contributed by atoms with Crippen LogP contribution in [0.1, 0.15) is 24.8 Å². The van der Waals surface area contributed by atoms with Crippen LogP contribution in [-0.4, -0.2) is 17.6 Å². The van der Waals surface area contributed by atoms with Crippen molar-refractivity contribution >= 4 is 17.4 Å². The second-order valence-electron chi connectivity index (χ2n) is 3.97. The summed E-state index contributed by atoms with van der Waals surface area (Å²) in [5.41, 5.74) is 6.28. The molecule has 0 saturated carbocycles. The van der Waals surface area contributed by atoms with Crippen molar-refractivity contribution in [1.29, 1.82) is 0 Å². The molecule has 0 spiro atoms. The van der Waals surface area contributed by atoms with Crippen LogP contribution in [0.4, 0.5) is 4.39 Å². The van der Waals surface area contributed by atoms with Gasteiger partial charge in [-0.1, -0.05) is 22.8 Å². The molecular weight excluding hydrogens is 257 g/mol. The maximum atomic E-state index is 12.9. The smallest absolute Gasteiger partial charge is 0.141 e. The minimum atomic E-state index is -0.404. The van der Waals surface area contributed by atoms with Gasteiger partial charge in [-0.2, -0.15) is 0 Å². The SMILES string of the molecule is NC(CCCCNCc1ccc(F)c(Cl)c1)=NO. The minimum absolute atomic E-state index is 0.140. The highest BCUT2D eigenvalue weighted by Gasteiger charge is 2.00. The number of unbranched alkanes of at least 4 members (excludes halogenated alkanes) is 1. The van der Waals surface area contributed by atoms with E-state index < -0.39 is 5.82 Å². The van der Waals surface area contributed by atoms with Crippen molar-refractivity contribution in [3.05, 3.63) is 34.6 Å². The van der Waals surface area contributed by atoms with Crippen LogP contribution in [0.15, 0.2) is 23.4 Å². The van der Waals surface area contributed by atoms with Crippen molar-refractivity contribution in [3.8, 4) is 0 Å². The Morgan fingerprint density at radius 3 is 2.89 bits per heavy atom. The number of rotatable bonds is 7. The molecule has 0 aliphatic carbocycles. The molecule has 0 atom stereocenters. The Balaban J connectivity index is 2.16. The number of nitrogens with one attached hydrogen (secondary N) is 1. The standard InChI is InChI=1S/C12H17ClFN3O/c13-10-7-9(4-5-11(10)14)8-16-6-2-1-3-12(15)17-18/h4-5,7,16,18H,1-3,6,8H2,(H2,15,17). The number of nitrogens with zero attached hydrogens (tertiary/aromatic N) is 1. The first-order valence-electron chi connectivity index (χ1n) is 5.74. The van der Waals surface area contributed by atoms with Crippen LogP contribution in [0, 0.1) is 5.82 Å². The molecule has 0 aliphatic heterocycles. The summed E-state index contributed by atoms with van der Waals surface area (Å²) in [5.74, 6) is -0.153. The molecule has 1 aromatic rings. The van der Waals surface area contributed by atoms with Gasteiger partial charge in [0.2, 0.25) is 0 Å². The van der Waals surface area contributed by atoms with E-state index in [1.54, 1.807) is 12.1 Å². The second kappa shape index (κ2) is 7.89. The lowest BCUT2D eigenvalue weighted by Gasteiger charge is -2.05. The molecule has 100 valence electrons. The third kappa shape index (κ3) is 5.33. The third-order valence-electron chi connectivity index (χ3n) is 2.48. The van der Waals surface area contributed by atoms with Crippen LogP contribution in [0.2, 0.25) is 5.02 Å². The molecule has 4 N–H and O–H groups in total. The van der Waals surface area contributed by atoms with Gasteiger partial charge in [0.1, 0.15) is 11.7 Å². The number of halogens is 2. The molecule has 0 unspecified atom stereocenters. The predicted octanol–water partition coefficient (Wildman–Crippen LogP) is 2.49. The summed E-state index contributed by atoms with van der Waals surface area (Å²) < 4.78 is 12.9. The maximum Gasteiger partial charge on any atom is 0.141 e. The van der Waals surface area contributed by atoms with Crippen LogP contribution in [0.5, 0.6) is 0 Å². The minimum Gasteiger partial charge on any atom is -0.409 e. The fourth-order valence-corrected chi connectivity index (χ4v) is 1.69. The summed E-state index contributed by atoms with van der Waals surface area (Å²) in [4.78, 5) is 0. The average Bonchev–Trinajstić information content (AvgIpc) is 2.37. The number of nitrogens with two attached hydrogens (primary N) is 1. The molecule has 0 radical (unpaired) electrons. The molecule has 18 heavy (non-hydrogen) atoms. The van der Waals surface area contributed by atoms with Crippen LogP contribution in [-0.2, 0) is 6.54 Å². The first-order valence-corrected chi connectivity index (χ1v) is 6.12. The van der Waals surface area contributed by atoms with E-state index in [-0.39, 0.29) is 10.9 Å². The van der Waals surface area contributed by atoms with Crippen molar-refractivity contribution in [1.82, 2.24) is 5.32 Å². The Morgan fingerprint density at radius 1 is 1.44 bits per heavy atom. The summed E-state index contributed by atoms with van der Waals surface area (Å²) >= 11 is 5.67. The van der Waals surface area contributed by atoms with Gasteiger partial charge in [0.15, 0.2) is 0 Å². The number of benzene rings is 1. The van der Waals surface area contributed by atoms with Gasteiger partial charge in [0.25, 0.3) is 0 Å². The Kier molecular flexibility index (Phi) is 6.46. The Morgan fingerprint density at radius 2 is 2.22 bits per heavy atom. The van der Waals surface area contributed by atoms with Crippen molar-refractivity contribution in [2.75, 3.05) is 6.54 Å². The van der Waals surface area contributed by atoms with Crippen molar-refractivity contribution < 1.29 is 9.60 Å². The Labute approximate surface area is 111 Å². The normalized spacial score (nSPS) is 11.8. The fourth-order valence-electron chi connectivity index (χ4n) is 1.49. The lowest BCUT2D eigenvalue weighted by molar-refractivity contribution is 0.316. The van der Waals surface area contributed by atoms with Gasteiger partial charge in [-0.05, 0) is 37.1 Å². The van der Waals surface area contributed by atoms with Crippen LogP contribution in [0.25, 0.3) is 0 Å². The average molecular weight is 274 g/mol. The van der Waals surface area contributed by atoms with Crippen molar-refractivity contribution in [2.45, 2.75) is 25.8 Å².